The predicted octanol–water partition coefficient (Wildman–Crippen LogP) is 0.763. The highest BCUT2D eigenvalue weighted by Crippen LogP contribution is 2.21. The zero-order valence-electron chi connectivity index (χ0n) is 50.9. The summed E-state index contributed by atoms with van der Waals surface area (Å²) in [6.45, 7) is 22.2. The lowest BCUT2D eigenvalue weighted by molar-refractivity contribution is -0.147. The number of phenolic OH excluding ortho intramolecular Hbond substituents is 1. The first kappa shape index (κ1) is 72.2. The molecule has 2 rings (SSSR count). The number of carbonyl (C=O) groups is 11. The summed E-state index contributed by atoms with van der Waals surface area (Å²) in [6.07, 6.45) is 0.308. The Balaban J connectivity index is 2.48. The number of aliphatic carboxylic acids is 1. The Morgan fingerprint density at radius 2 is 0.964 bits per heavy atom. The number of rotatable bonds is 35. The normalized spacial score (nSPS) is 17.0. The highest BCUT2D eigenvalue weighted by Gasteiger charge is 2.42. The molecule has 1 aliphatic rings. The van der Waals surface area contributed by atoms with E-state index in [1.807, 2.05) is 27.7 Å². The lowest BCUT2D eigenvalue weighted by Gasteiger charge is -2.32. The van der Waals surface area contributed by atoms with E-state index in [1.54, 1.807) is 41.5 Å². The largest absolute Gasteiger partial charge is 0.508 e. The van der Waals surface area contributed by atoms with Crippen LogP contribution in [-0.2, 0) is 59.2 Å². The molecule has 1 aromatic carbocycles. The van der Waals surface area contributed by atoms with Gasteiger partial charge in [0.2, 0.25) is 59.1 Å². The van der Waals surface area contributed by atoms with Crippen molar-refractivity contribution in [1.29, 1.82) is 0 Å². The minimum Gasteiger partial charge on any atom is -0.508 e. The van der Waals surface area contributed by atoms with Crippen LogP contribution in [0.25, 0.3) is 0 Å². The second kappa shape index (κ2) is 35.3. The van der Waals surface area contributed by atoms with Gasteiger partial charge >= 0.3 is 5.97 Å². The number of likely N-dealkylation sites (tertiary alicyclic amines) is 1. The van der Waals surface area contributed by atoms with Crippen molar-refractivity contribution in [2.75, 3.05) is 13.1 Å². The van der Waals surface area contributed by atoms with Gasteiger partial charge in [-0.1, -0.05) is 81.4 Å². The monoisotopic (exact) mass is 1170 g/mol. The van der Waals surface area contributed by atoms with Gasteiger partial charge in [-0.05, 0) is 125 Å². The average molecular weight is 1170 g/mol. The van der Waals surface area contributed by atoms with Crippen molar-refractivity contribution >= 4 is 65.0 Å². The number of unbranched alkanes of at least 4 members (excludes halogenated alkanes) is 1. The van der Waals surface area contributed by atoms with Crippen LogP contribution < -0.4 is 53.6 Å². The van der Waals surface area contributed by atoms with E-state index in [2.05, 4.69) is 47.9 Å². The van der Waals surface area contributed by atoms with Crippen molar-refractivity contribution in [2.45, 2.75) is 221 Å². The number of carbonyl (C=O) groups excluding carboxylic acids is 10. The first-order valence-corrected chi connectivity index (χ1v) is 29.2. The quantitative estimate of drug-likeness (QED) is 0.0418. The molecule has 0 spiro atoms. The SMILES string of the molecule is CC(=O)N[C@@H](CC(C)C)C(=O)N[C@@H](C)C(=O)N[C@@H](CC(C)C)C(=O)N[C@@H](CCCCN)C(=O)N[C@@H](Cc1ccc(O)cc1)C(=O)N[C@@H](CC(C)C)C(=O)N[C@@H](CC(C)C)C(=O)N[C@H](C(=O)N1CCC[C@H]1C(=O)N[C@H](C(=O)O)C(C)C)[C@@H](C)O. The fourth-order valence-electron chi connectivity index (χ4n) is 9.55. The lowest BCUT2D eigenvalue weighted by atomic mass is 9.98. The number of nitrogens with two attached hydrogens (primary N) is 1. The number of phenols is 1. The van der Waals surface area contributed by atoms with E-state index in [9.17, 15) is 68.1 Å². The number of aliphatic hydroxyl groups excluding tert-OH is 1. The molecule has 11 atom stereocenters. The van der Waals surface area contributed by atoms with Crippen molar-refractivity contribution in [3.63, 3.8) is 0 Å². The maximum Gasteiger partial charge on any atom is 0.326 e. The highest BCUT2D eigenvalue weighted by molar-refractivity contribution is 5.99. The third-order valence-electron chi connectivity index (χ3n) is 13.9. The average Bonchev–Trinajstić information content (AvgIpc) is 3.91. The van der Waals surface area contributed by atoms with Crippen LogP contribution in [0.1, 0.15) is 153 Å². The number of amides is 10. The number of aliphatic hydroxyl groups is 1. The molecule has 25 heteroatoms. The van der Waals surface area contributed by atoms with Crippen LogP contribution >= 0.6 is 0 Å². The summed E-state index contributed by atoms with van der Waals surface area (Å²) in [5.74, 6) is -9.55. The molecule has 14 N–H and O–H groups in total. The summed E-state index contributed by atoms with van der Waals surface area (Å²) in [5.41, 5.74) is 6.30. The molecule has 0 unspecified atom stereocenters. The van der Waals surface area contributed by atoms with Crippen LogP contribution in [0.2, 0.25) is 0 Å². The van der Waals surface area contributed by atoms with Crippen molar-refractivity contribution < 1.29 is 68.1 Å². The molecular formula is C58H97N11O14. The fourth-order valence-corrected chi connectivity index (χ4v) is 9.55. The summed E-state index contributed by atoms with van der Waals surface area (Å²) in [4.78, 5) is 151. The van der Waals surface area contributed by atoms with Crippen LogP contribution in [0.4, 0.5) is 0 Å². The topological polar surface area (TPSA) is 386 Å². The molecule has 0 aliphatic carbocycles. The smallest absolute Gasteiger partial charge is 0.326 e. The molecule has 1 aromatic rings. The molecule has 468 valence electrons. The van der Waals surface area contributed by atoms with E-state index < -0.39 is 137 Å². The van der Waals surface area contributed by atoms with E-state index in [-0.39, 0.29) is 81.0 Å². The molecule has 0 aromatic heterocycles. The van der Waals surface area contributed by atoms with Crippen molar-refractivity contribution in [1.82, 2.24) is 52.8 Å². The minimum absolute atomic E-state index is 0.0323. The van der Waals surface area contributed by atoms with Crippen LogP contribution in [0.3, 0.4) is 0 Å². The van der Waals surface area contributed by atoms with Gasteiger partial charge < -0.3 is 73.8 Å². The van der Waals surface area contributed by atoms with Crippen LogP contribution in [0, 0.1) is 29.6 Å². The number of benzene rings is 1. The summed E-state index contributed by atoms with van der Waals surface area (Å²) in [6, 6.07) is -6.63. The lowest BCUT2D eigenvalue weighted by Crippen LogP contribution is -2.62. The Labute approximate surface area is 489 Å². The number of aromatic hydroxyl groups is 1. The summed E-state index contributed by atoms with van der Waals surface area (Å²) in [7, 11) is 0. The van der Waals surface area contributed by atoms with Gasteiger partial charge in [0.1, 0.15) is 66.2 Å². The Hall–Kier alpha value is -6.89. The molecule has 83 heavy (non-hydrogen) atoms. The van der Waals surface area contributed by atoms with E-state index >= 15 is 0 Å². The standard InChI is InChI=1S/C58H97N11O14/c1-30(2)25-41(61-37(13)71)51(75)60-35(11)49(73)63-42(26-31(3)4)52(76)62-40(17-14-15-23-59)50(74)66-45(29-38-19-21-39(72)22-20-38)54(78)64-43(27-32(5)6)53(77)65-44(28-33(7)8)55(79)68-48(36(12)70)57(81)69-24-16-18-46(69)56(80)67-47(34(9)10)58(82)83/h19-22,30-36,40-48,70,72H,14-18,23-29,59H2,1-13H3,(H,60,75)(H,61,71)(H,62,76)(H,63,73)(H,64,78)(H,65,77)(H,66,74)(H,67,80)(H,68,79)(H,82,83)/t35-,36+,40-,41-,42-,43-,44-,45-,46-,47-,48-/m0/s1. The molecule has 1 aliphatic heterocycles. The Morgan fingerprint density at radius 3 is 1.41 bits per heavy atom. The molecule has 0 radical (unpaired) electrons. The summed E-state index contributed by atoms with van der Waals surface area (Å²) in [5, 5.41) is 54.6. The maximum absolute atomic E-state index is 14.6. The zero-order chi connectivity index (χ0) is 63.0. The van der Waals surface area contributed by atoms with Crippen molar-refractivity contribution in [3.05, 3.63) is 29.8 Å². The Bertz CT molecular complexity index is 2350. The van der Waals surface area contributed by atoms with Gasteiger partial charge in [0, 0.05) is 19.9 Å². The van der Waals surface area contributed by atoms with Gasteiger partial charge in [0.05, 0.1) is 6.10 Å². The van der Waals surface area contributed by atoms with E-state index in [1.165, 1.54) is 49.9 Å². The number of nitrogens with one attached hydrogen (secondary N) is 9. The van der Waals surface area contributed by atoms with Gasteiger partial charge in [-0.15, -0.1) is 0 Å². The van der Waals surface area contributed by atoms with Gasteiger partial charge in [-0.3, -0.25) is 47.9 Å². The number of nitrogens with zero attached hydrogens (tertiary/aromatic N) is 1. The highest BCUT2D eigenvalue weighted by atomic mass is 16.4. The van der Waals surface area contributed by atoms with Crippen molar-refractivity contribution in [3.8, 4) is 5.75 Å². The van der Waals surface area contributed by atoms with E-state index in [0.717, 1.165) is 0 Å². The Kier molecular flexibility index (Phi) is 30.7. The molecule has 25 nitrogen and oxygen atoms in total. The third kappa shape index (κ3) is 25.2. The maximum atomic E-state index is 14.6. The van der Waals surface area contributed by atoms with Crippen LogP contribution in [-0.4, -0.2) is 165 Å². The number of carboxylic acid groups (broad SMARTS) is 1. The van der Waals surface area contributed by atoms with Crippen LogP contribution in [0.5, 0.6) is 5.75 Å². The van der Waals surface area contributed by atoms with E-state index in [4.69, 9.17) is 5.73 Å². The Morgan fingerprint density at radius 1 is 0.542 bits per heavy atom. The number of carboxylic acids is 1. The molecule has 10 amide bonds. The zero-order valence-corrected chi connectivity index (χ0v) is 50.9. The molecule has 1 saturated heterocycles. The molecule has 0 bridgehead atoms. The predicted molar refractivity (Wildman–Crippen MR) is 310 cm³/mol. The molecule has 0 saturated carbocycles. The first-order chi connectivity index (χ1) is 38.8. The second-order valence-corrected chi connectivity index (χ2v) is 23.9. The van der Waals surface area contributed by atoms with Gasteiger partial charge in [0.25, 0.3) is 0 Å². The summed E-state index contributed by atoms with van der Waals surface area (Å²) < 4.78 is 0. The third-order valence-corrected chi connectivity index (χ3v) is 13.9. The second-order valence-electron chi connectivity index (χ2n) is 23.9. The van der Waals surface area contributed by atoms with Crippen LogP contribution in [0.15, 0.2) is 24.3 Å². The van der Waals surface area contributed by atoms with Crippen molar-refractivity contribution in [2.24, 2.45) is 35.3 Å². The fraction of sp³-hybridized carbons (Fsp3) is 0.707. The molecule has 1 heterocycles. The van der Waals surface area contributed by atoms with Gasteiger partial charge in [-0.2, -0.15) is 0 Å². The molecule has 1 fully saturated rings. The minimum atomic E-state index is -1.59. The van der Waals surface area contributed by atoms with Gasteiger partial charge in [-0.25, -0.2) is 4.79 Å². The number of hydrogen-bond acceptors (Lipinski definition) is 14. The number of hydrogen-bond donors (Lipinski definition) is 13. The van der Waals surface area contributed by atoms with E-state index in [0.29, 0.717) is 31.2 Å². The summed E-state index contributed by atoms with van der Waals surface area (Å²) >= 11 is 0. The first-order valence-electron chi connectivity index (χ1n) is 29.2. The van der Waals surface area contributed by atoms with Gasteiger partial charge in [0.15, 0.2) is 0 Å². The molecular weight excluding hydrogens is 1070 g/mol.